The van der Waals surface area contributed by atoms with Crippen molar-refractivity contribution in [3.63, 3.8) is 0 Å². The topological polar surface area (TPSA) is 57.0 Å². The number of hydrogen-bond donors (Lipinski definition) is 0. The third kappa shape index (κ3) is 5.60. The zero-order valence-electron chi connectivity index (χ0n) is 13.5. The van der Waals surface area contributed by atoms with Crippen LogP contribution in [-0.2, 0) is 17.8 Å². The van der Waals surface area contributed by atoms with Gasteiger partial charge in [0, 0.05) is 18.9 Å². The molecule has 1 heterocycles. The molecule has 0 N–H and O–H groups in total. The molecule has 25 heavy (non-hydrogen) atoms. The smallest absolute Gasteiger partial charge is 0.329 e. The molecule has 1 aromatic carbocycles. The number of halogens is 3. The lowest BCUT2D eigenvalue weighted by Crippen LogP contribution is -2.39. The van der Waals surface area contributed by atoms with Gasteiger partial charge >= 0.3 is 6.18 Å². The highest BCUT2D eigenvalue weighted by Gasteiger charge is 2.33. The summed E-state index contributed by atoms with van der Waals surface area (Å²) in [6, 6.07) is 9.76. The molecule has 4 nitrogen and oxygen atoms in total. The minimum atomic E-state index is -4.49. The van der Waals surface area contributed by atoms with Crippen LogP contribution >= 0.6 is 0 Å². The van der Waals surface area contributed by atoms with E-state index in [0.29, 0.717) is 16.7 Å². The molecular formula is C18H16F3N3O. The number of aryl methyl sites for hydroxylation is 1. The van der Waals surface area contributed by atoms with E-state index in [-0.39, 0.29) is 13.0 Å². The Kier molecular flexibility index (Phi) is 5.75. The van der Waals surface area contributed by atoms with Gasteiger partial charge in [-0.3, -0.25) is 9.78 Å². The highest BCUT2D eigenvalue weighted by atomic mass is 19.4. The Morgan fingerprint density at radius 2 is 1.92 bits per heavy atom. The highest BCUT2D eigenvalue weighted by Crippen LogP contribution is 2.20. The van der Waals surface area contributed by atoms with Crippen molar-refractivity contribution in [3.05, 3.63) is 65.0 Å². The van der Waals surface area contributed by atoms with Gasteiger partial charge in [0.05, 0.1) is 18.1 Å². The molecule has 0 aliphatic rings. The Labute approximate surface area is 143 Å². The average Bonchev–Trinajstić information content (AvgIpc) is 2.56. The third-order valence-electron chi connectivity index (χ3n) is 3.67. The molecule has 0 aliphatic heterocycles. The summed E-state index contributed by atoms with van der Waals surface area (Å²) >= 11 is 0. The van der Waals surface area contributed by atoms with Crippen LogP contribution in [0.3, 0.4) is 0 Å². The lowest BCUT2D eigenvalue weighted by atomic mass is 10.1. The lowest BCUT2D eigenvalue weighted by molar-refractivity contribution is -0.162. The van der Waals surface area contributed by atoms with E-state index < -0.39 is 18.6 Å². The fraction of sp³-hybridized carbons (Fsp3) is 0.278. The van der Waals surface area contributed by atoms with Crippen LogP contribution in [0, 0.1) is 18.3 Å². The van der Waals surface area contributed by atoms with Gasteiger partial charge in [-0.25, -0.2) is 0 Å². The summed E-state index contributed by atoms with van der Waals surface area (Å²) in [6.45, 7) is 0.271. The molecule has 0 aliphatic carbocycles. The molecule has 0 spiro atoms. The van der Waals surface area contributed by atoms with Crippen molar-refractivity contribution in [3.8, 4) is 6.07 Å². The first-order valence-corrected chi connectivity index (χ1v) is 7.51. The van der Waals surface area contributed by atoms with Gasteiger partial charge in [-0.1, -0.05) is 12.1 Å². The predicted octanol–water partition coefficient (Wildman–Crippen LogP) is 3.40. The van der Waals surface area contributed by atoms with E-state index in [1.807, 2.05) is 6.07 Å². The summed E-state index contributed by atoms with van der Waals surface area (Å²) in [5.74, 6) is -0.627. The highest BCUT2D eigenvalue weighted by molar-refractivity contribution is 5.79. The number of carbonyl (C=O) groups excluding carboxylic acids is 1. The lowest BCUT2D eigenvalue weighted by Gasteiger charge is -2.24. The molecule has 2 rings (SSSR count). The van der Waals surface area contributed by atoms with Crippen LogP contribution < -0.4 is 0 Å². The Morgan fingerprint density at radius 3 is 2.48 bits per heavy atom. The van der Waals surface area contributed by atoms with E-state index in [9.17, 15) is 18.0 Å². The maximum Gasteiger partial charge on any atom is 0.406 e. The SMILES string of the molecule is Cc1ccncc1CC(=O)N(Cc1ccc(C#N)cc1)CC(F)(F)F. The van der Waals surface area contributed by atoms with E-state index in [0.717, 1.165) is 10.5 Å². The fourth-order valence-corrected chi connectivity index (χ4v) is 2.31. The van der Waals surface area contributed by atoms with Crippen molar-refractivity contribution in [1.29, 1.82) is 5.26 Å². The summed E-state index contributed by atoms with van der Waals surface area (Å²) in [4.78, 5) is 17.1. The Hall–Kier alpha value is -2.88. The van der Waals surface area contributed by atoms with Crippen molar-refractivity contribution in [1.82, 2.24) is 9.88 Å². The summed E-state index contributed by atoms with van der Waals surface area (Å²) in [7, 11) is 0. The molecule has 130 valence electrons. The number of rotatable bonds is 5. The molecule has 1 amide bonds. The Bertz CT molecular complexity index is 779. The molecule has 0 bridgehead atoms. The van der Waals surface area contributed by atoms with E-state index in [2.05, 4.69) is 4.98 Å². The molecule has 0 unspecified atom stereocenters. The molecule has 1 aromatic heterocycles. The summed E-state index contributed by atoms with van der Waals surface area (Å²) in [5, 5.41) is 8.77. The summed E-state index contributed by atoms with van der Waals surface area (Å²) in [5.41, 5.74) is 2.33. The number of amides is 1. The minimum Gasteiger partial charge on any atom is -0.329 e. The number of carbonyl (C=O) groups is 1. The van der Waals surface area contributed by atoms with Gasteiger partial charge in [0.2, 0.25) is 5.91 Å². The van der Waals surface area contributed by atoms with Crippen LogP contribution in [0.1, 0.15) is 22.3 Å². The molecule has 0 atom stereocenters. The average molecular weight is 347 g/mol. The van der Waals surface area contributed by atoms with E-state index in [1.54, 1.807) is 31.3 Å². The first kappa shape index (κ1) is 18.5. The second-order valence-corrected chi connectivity index (χ2v) is 5.65. The number of pyridine rings is 1. The second-order valence-electron chi connectivity index (χ2n) is 5.65. The number of hydrogen-bond acceptors (Lipinski definition) is 3. The number of benzene rings is 1. The standard InChI is InChI=1S/C18H16F3N3O/c1-13-6-7-23-10-16(13)8-17(25)24(12-18(19,20)21)11-15-4-2-14(9-22)3-5-15/h2-7,10H,8,11-12H2,1H3. The number of nitriles is 1. The molecular weight excluding hydrogens is 331 g/mol. The number of nitrogens with zero attached hydrogens (tertiary/aromatic N) is 3. The largest absolute Gasteiger partial charge is 0.406 e. The molecule has 0 radical (unpaired) electrons. The summed E-state index contributed by atoms with van der Waals surface area (Å²) < 4.78 is 38.6. The van der Waals surface area contributed by atoms with Crippen molar-refractivity contribution >= 4 is 5.91 Å². The molecule has 2 aromatic rings. The molecule has 0 saturated heterocycles. The van der Waals surface area contributed by atoms with Gasteiger partial charge in [0.1, 0.15) is 6.54 Å². The Balaban J connectivity index is 2.18. The zero-order chi connectivity index (χ0) is 18.4. The number of aromatic nitrogens is 1. The zero-order valence-corrected chi connectivity index (χ0v) is 13.5. The first-order chi connectivity index (χ1) is 11.8. The van der Waals surface area contributed by atoms with E-state index in [4.69, 9.17) is 5.26 Å². The van der Waals surface area contributed by atoms with Crippen LogP contribution in [0.2, 0.25) is 0 Å². The first-order valence-electron chi connectivity index (χ1n) is 7.51. The number of alkyl halides is 3. The molecule has 0 saturated carbocycles. The minimum absolute atomic E-state index is 0.147. The van der Waals surface area contributed by atoms with Gasteiger partial charge in [0.15, 0.2) is 0 Å². The van der Waals surface area contributed by atoms with Gasteiger partial charge in [-0.15, -0.1) is 0 Å². The third-order valence-corrected chi connectivity index (χ3v) is 3.67. The van der Waals surface area contributed by atoms with Crippen LogP contribution in [0.15, 0.2) is 42.7 Å². The molecule has 0 fully saturated rings. The van der Waals surface area contributed by atoms with Gasteiger partial charge < -0.3 is 4.90 Å². The fourth-order valence-electron chi connectivity index (χ4n) is 2.31. The van der Waals surface area contributed by atoms with Crippen molar-refractivity contribution < 1.29 is 18.0 Å². The second kappa shape index (κ2) is 7.79. The van der Waals surface area contributed by atoms with E-state index >= 15 is 0 Å². The molecule has 7 heteroatoms. The monoisotopic (exact) mass is 347 g/mol. The van der Waals surface area contributed by atoms with Crippen LogP contribution in [0.5, 0.6) is 0 Å². The van der Waals surface area contributed by atoms with Crippen LogP contribution in [-0.4, -0.2) is 28.5 Å². The maximum atomic E-state index is 12.9. The Morgan fingerprint density at radius 1 is 1.24 bits per heavy atom. The van der Waals surface area contributed by atoms with Crippen molar-refractivity contribution in [2.45, 2.75) is 26.1 Å². The maximum absolute atomic E-state index is 12.9. The van der Waals surface area contributed by atoms with Crippen molar-refractivity contribution in [2.75, 3.05) is 6.54 Å². The van der Waals surface area contributed by atoms with Gasteiger partial charge in [-0.05, 0) is 41.8 Å². The summed E-state index contributed by atoms with van der Waals surface area (Å²) in [6.07, 6.45) is -1.59. The predicted molar refractivity (Wildman–Crippen MR) is 85.3 cm³/mol. The van der Waals surface area contributed by atoms with Crippen molar-refractivity contribution in [2.24, 2.45) is 0 Å². The quantitative estimate of drug-likeness (QED) is 0.833. The van der Waals surface area contributed by atoms with E-state index in [1.165, 1.54) is 18.3 Å². The van der Waals surface area contributed by atoms with Gasteiger partial charge in [-0.2, -0.15) is 18.4 Å². The normalized spacial score (nSPS) is 11.0. The van der Waals surface area contributed by atoms with Crippen LogP contribution in [0.25, 0.3) is 0 Å². The van der Waals surface area contributed by atoms with Crippen LogP contribution in [0.4, 0.5) is 13.2 Å². The van der Waals surface area contributed by atoms with Gasteiger partial charge in [0.25, 0.3) is 0 Å².